The average Bonchev–Trinajstić information content (AvgIpc) is 3.15. The number of halogens is 1. The highest BCUT2D eigenvalue weighted by Gasteiger charge is 2.15. The molecule has 0 aliphatic heterocycles. The molecule has 0 unspecified atom stereocenters. The van der Waals surface area contributed by atoms with Crippen LogP contribution < -0.4 is 0 Å². The molecule has 0 atom stereocenters. The maximum Gasteiger partial charge on any atom is 0.235 e. The fourth-order valence-electron chi connectivity index (χ4n) is 1.90. The largest absolute Gasteiger partial charge is 0.462 e. The summed E-state index contributed by atoms with van der Waals surface area (Å²) in [7, 11) is 0. The number of furan rings is 1. The summed E-state index contributed by atoms with van der Waals surface area (Å²) in [6.07, 6.45) is 1.60. The van der Waals surface area contributed by atoms with Crippen molar-refractivity contribution in [2.24, 2.45) is 0 Å². The van der Waals surface area contributed by atoms with Crippen LogP contribution in [0.2, 0.25) is 0 Å². The molecule has 0 radical (unpaired) electrons. The molecule has 20 heavy (non-hydrogen) atoms. The van der Waals surface area contributed by atoms with Crippen molar-refractivity contribution in [3.63, 3.8) is 0 Å². The predicted octanol–water partition coefficient (Wildman–Crippen LogP) is 3.25. The molecule has 0 spiro atoms. The molecule has 0 amide bonds. The van der Waals surface area contributed by atoms with Crippen molar-refractivity contribution in [2.45, 2.75) is 0 Å². The van der Waals surface area contributed by atoms with Crippen LogP contribution in [0.4, 0.5) is 4.39 Å². The van der Waals surface area contributed by atoms with Crippen LogP contribution >= 0.6 is 11.3 Å². The number of nitrogens with zero attached hydrogens (tertiary/aromatic N) is 4. The number of benzene rings is 1. The molecule has 5 nitrogen and oxygen atoms in total. The van der Waals surface area contributed by atoms with Crippen molar-refractivity contribution in [3.8, 4) is 22.2 Å². The fourth-order valence-corrected chi connectivity index (χ4v) is 2.70. The van der Waals surface area contributed by atoms with Gasteiger partial charge < -0.3 is 4.42 Å². The lowest BCUT2D eigenvalue weighted by molar-refractivity contribution is 0.580. The Morgan fingerprint density at radius 2 is 1.95 bits per heavy atom. The molecule has 4 rings (SSSR count). The molecule has 3 heterocycles. The van der Waals surface area contributed by atoms with Gasteiger partial charge in [-0.15, -0.1) is 15.3 Å². The van der Waals surface area contributed by atoms with Crippen LogP contribution in [0.15, 0.2) is 47.1 Å². The van der Waals surface area contributed by atoms with Crippen molar-refractivity contribution in [1.29, 1.82) is 0 Å². The standard InChI is InChI=1S/C13H7FN4OS/c14-9-5-3-8(4-6-9)11-15-16-13-18(11)17-12(20-13)10-2-1-7-19-10/h1-7H. The van der Waals surface area contributed by atoms with Gasteiger partial charge >= 0.3 is 0 Å². The molecule has 0 bridgehead atoms. The molecule has 3 aromatic heterocycles. The van der Waals surface area contributed by atoms with Gasteiger partial charge in [-0.1, -0.05) is 11.3 Å². The molecule has 1 aromatic carbocycles. The summed E-state index contributed by atoms with van der Waals surface area (Å²) >= 11 is 1.38. The van der Waals surface area contributed by atoms with E-state index in [0.717, 1.165) is 10.6 Å². The summed E-state index contributed by atoms with van der Waals surface area (Å²) < 4.78 is 19.9. The molecular formula is C13H7FN4OS. The lowest BCUT2D eigenvalue weighted by Gasteiger charge is -1.96. The Morgan fingerprint density at radius 1 is 1.10 bits per heavy atom. The lowest BCUT2D eigenvalue weighted by Crippen LogP contribution is -1.90. The molecule has 0 fully saturated rings. The first-order valence-electron chi connectivity index (χ1n) is 5.83. The Bertz CT molecular complexity index is 864. The zero-order valence-electron chi connectivity index (χ0n) is 10.0. The van der Waals surface area contributed by atoms with Gasteiger partial charge in [0.25, 0.3) is 0 Å². The molecule has 0 saturated carbocycles. The van der Waals surface area contributed by atoms with Gasteiger partial charge in [0, 0.05) is 5.56 Å². The number of hydrogen-bond donors (Lipinski definition) is 0. The normalized spacial score (nSPS) is 11.2. The third kappa shape index (κ3) is 1.71. The van der Waals surface area contributed by atoms with E-state index in [1.54, 1.807) is 29.0 Å². The first-order valence-corrected chi connectivity index (χ1v) is 6.65. The van der Waals surface area contributed by atoms with E-state index in [9.17, 15) is 4.39 Å². The Labute approximate surface area is 116 Å². The average molecular weight is 286 g/mol. The molecule has 0 N–H and O–H groups in total. The van der Waals surface area contributed by atoms with Crippen LogP contribution in [0.1, 0.15) is 0 Å². The van der Waals surface area contributed by atoms with Crippen molar-refractivity contribution in [1.82, 2.24) is 19.8 Å². The summed E-state index contributed by atoms with van der Waals surface area (Å²) in [5.41, 5.74) is 0.759. The Hall–Kier alpha value is -2.54. The highest BCUT2D eigenvalue weighted by molar-refractivity contribution is 7.19. The molecule has 0 saturated heterocycles. The molecule has 4 aromatic rings. The van der Waals surface area contributed by atoms with Crippen LogP contribution in [0.3, 0.4) is 0 Å². The van der Waals surface area contributed by atoms with E-state index in [1.807, 2.05) is 6.07 Å². The van der Waals surface area contributed by atoms with Crippen LogP contribution in [0.5, 0.6) is 0 Å². The summed E-state index contributed by atoms with van der Waals surface area (Å²) in [5, 5.41) is 13.3. The number of hydrogen-bond acceptors (Lipinski definition) is 5. The highest BCUT2D eigenvalue weighted by Crippen LogP contribution is 2.28. The van der Waals surface area contributed by atoms with Gasteiger partial charge in [0.1, 0.15) is 5.82 Å². The van der Waals surface area contributed by atoms with Crippen LogP contribution in [-0.2, 0) is 0 Å². The second kappa shape index (κ2) is 4.24. The zero-order chi connectivity index (χ0) is 13.5. The Morgan fingerprint density at radius 3 is 2.70 bits per heavy atom. The van der Waals surface area contributed by atoms with Gasteiger partial charge in [0.2, 0.25) is 4.96 Å². The van der Waals surface area contributed by atoms with Crippen molar-refractivity contribution in [3.05, 3.63) is 48.5 Å². The van der Waals surface area contributed by atoms with E-state index in [1.165, 1.54) is 23.5 Å². The minimum Gasteiger partial charge on any atom is -0.462 e. The van der Waals surface area contributed by atoms with E-state index < -0.39 is 0 Å². The maximum atomic E-state index is 13.0. The molecule has 0 aliphatic carbocycles. The van der Waals surface area contributed by atoms with Gasteiger partial charge in [-0.2, -0.15) is 4.52 Å². The third-order valence-corrected chi connectivity index (χ3v) is 3.74. The maximum absolute atomic E-state index is 13.0. The molecule has 0 aliphatic rings. The summed E-state index contributed by atoms with van der Waals surface area (Å²) in [4.78, 5) is 0.663. The quantitative estimate of drug-likeness (QED) is 0.567. The van der Waals surface area contributed by atoms with E-state index >= 15 is 0 Å². The number of rotatable bonds is 2. The second-order valence-corrected chi connectivity index (χ2v) is 5.07. The van der Waals surface area contributed by atoms with E-state index in [-0.39, 0.29) is 5.82 Å². The monoisotopic (exact) mass is 286 g/mol. The summed E-state index contributed by atoms with van der Waals surface area (Å²) in [6, 6.07) is 9.71. The number of fused-ring (bicyclic) bond motifs is 1. The van der Waals surface area contributed by atoms with E-state index in [2.05, 4.69) is 15.3 Å². The molecular weight excluding hydrogens is 279 g/mol. The van der Waals surface area contributed by atoms with E-state index in [4.69, 9.17) is 4.42 Å². The zero-order valence-corrected chi connectivity index (χ0v) is 10.8. The number of aromatic nitrogens is 4. The van der Waals surface area contributed by atoms with Crippen LogP contribution in [0.25, 0.3) is 27.1 Å². The smallest absolute Gasteiger partial charge is 0.235 e. The van der Waals surface area contributed by atoms with Gasteiger partial charge in [0.05, 0.1) is 6.26 Å². The highest BCUT2D eigenvalue weighted by atomic mass is 32.1. The SMILES string of the molecule is Fc1ccc(-c2nnc3sc(-c4ccco4)nn23)cc1. The van der Waals surface area contributed by atoms with Gasteiger partial charge in [0.15, 0.2) is 16.6 Å². The van der Waals surface area contributed by atoms with Gasteiger partial charge in [-0.3, -0.25) is 0 Å². The minimum atomic E-state index is -0.288. The predicted molar refractivity (Wildman–Crippen MR) is 71.8 cm³/mol. The summed E-state index contributed by atoms with van der Waals surface area (Å²) in [5.74, 6) is 0.976. The van der Waals surface area contributed by atoms with Gasteiger partial charge in [-0.25, -0.2) is 4.39 Å². The fraction of sp³-hybridized carbons (Fsp3) is 0. The topological polar surface area (TPSA) is 56.2 Å². The Kier molecular flexibility index (Phi) is 2.40. The summed E-state index contributed by atoms with van der Waals surface area (Å²) in [6.45, 7) is 0. The van der Waals surface area contributed by atoms with Crippen LogP contribution in [0, 0.1) is 5.82 Å². The molecule has 7 heteroatoms. The van der Waals surface area contributed by atoms with Crippen LogP contribution in [-0.4, -0.2) is 19.8 Å². The second-order valence-electron chi connectivity index (χ2n) is 4.11. The van der Waals surface area contributed by atoms with Crippen molar-refractivity contribution < 1.29 is 8.81 Å². The first kappa shape index (κ1) is 11.3. The minimum absolute atomic E-state index is 0.288. The third-order valence-electron chi connectivity index (χ3n) is 2.83. The first-order chi connectivity index (χ1) is 9.81. The van der Waals surface area contributed by atoms with Crippen molar-refractivity contribution >= 4 is 16.3 Å². The lowest BCUT2D eigenvalue weighted by atomic mass is 10.2. The Balaban J connectivity index is 1.86. The van der Waals surface area contributed by atoms with Crippen molar-refractivity contribution in [2.75, 3.05) is 0 Å². The molecule has 98 valence electrons. The van der Waals surface area contributed by atoms with E-state index in [0.29, 0.717) is 16.5 Å². The van der Waals surface area contributed by atoms with Gasteiger partial charge in [-0.05, 0) is 36.4 Å².